The minimum Gasteiger partial charge on any atom is -0.473 e. The van der Waals surface area contributed by atoms with E-state index in [2.05, 4.69) is 10.6 Å². The van der Waals surface area contributed by atoms with E-state index in [9.17, 15) is 13.6 Å². The maximum absolute atomic E-state index is 13.4. The van der Waals surface area contributed by atoms with E-state index in [1.54, 1.807) is 6.07 Å². The van der Waals surface area contributed by atoms with Crippen molar-refractivity contribution in [2.24, 2.45) is 0 Å². The number of urea groups is 1. The second kappa shape index (κ2) is 6.89. The topological polar surface area (TPSA) is 50.4 Å². The monoisotopic (exact) mass is 306 g/mol. The Morgan fingerprint density at radius 3 is 2.45 bits per heavy atom. The van der Waals surface area contributed by atoms with Gasteiger partial charge in [0, 0.05) is 0 Å². The molecule has 22 heavy (non-hydrogen) atoms. The first kappa shape index (κ1) is 15.8. The summed E-state index contributed by atoms with van der Waals surface area (Å²) in [6, 6.07) is 8.21. The average molecular weight is 306 g/mol. The summed E-state index contributed by atoms with van der Waals surface area (Å²) in [5, 5.41) is 4.48. The number of hydrogen-bond donors (Lipinski definition) is 2. The molecule has 0 saturated heterocycles. The van der Waals surface area contributed by atoms with Crippen molar-refractivity contribution in [3.8, 4) is 5.75 Å². The number of para-hydroxylation sites is 1. The summed E-state index contributed by atoms with van der Waals surface area (Å²) in [6.45, 7) is 3.73. The number of carbonyl (C=O) groups is 1. The Kier molecular flexibility index (Phi) is 4.93. The van der Waals surface area contributed by atoms with Crippen LogP contribution >= 0.6 is 0 Å². The van der Waals surface area contributed by atoms with Crippen LogP contribution in [0.15, 0.2) is 36.4 Å². The number of carbonyl (C=O) groups excluding carboxylic acids is 1. The first-order chi connectivity index (χ1) is 10.5. The number of hydrogen-bond acceptors (Lipinski definition) is 2. The van der Waals surface area contributed by atoms with Crippen LogP contribution in [0.1, 0.15) is 11.1 Å². The van der Waals surface area contributed by atoms with Crippen LogP contribution in [-0.4, -0.2) is 12.8 Å². The van der Waals surface area contributed by atoms with Crippen LogP contribution in [0.3, 0.4) is 0 Å². The molecule has 6 heteroatoms. The van der Waals surface area contributed by atoms with E-state index < -0.39 is 23.4 Å². The third-order valence-electron chi connectivity index (χ3n) is 2.99. The Morgan fingerprint density at radius 1 is 1.14 bits per heavy atom. The van der Waals surface area contributed by atoms with E-state index in [0.717, 1.165) is 23.3 Å². The molecule has 0 aromatic heterocycles. The van der Waals surface area contributed by atoms with Crippen molar-refractivity contribution in [2.75, 3.05) is 12.0 Å². The van der Waals surface area contributed by atoms with Gasteiger partial charge in [0.2, 0.25) is 0 Å². The maximum Gasteiger partial charge on any atom is 0.322 e. The SMILES string of the molecule is Cc1ccc(OCNC(=O)Nc2c(F)cccc2F)c(C)c1. The van der Waals surface area contributed by atoms with Gasteiger partial charge >= 0.3 is 6.03 Å². The highest BCUT2D eigenvalue weighted by atomic mass is 19.1. The van der Waals surface area contributed by atoms with Crippen LogP contribution in [-0.2, 0) is 0 Å². The molecule has 2 aromatic carbocycles. The molecule has 2 rings (SSSR count). The second-order valence-corrected chi connectivity index (χ2v) is 4.79. The lowest BCUT2D eigenvalue weighted by Crippen LogP contribution is -2.32. The fourth-order valence-electron chi connectivity index (χ4n) is 1.92. The largest absolute Gasteiger partial charge is 0.473 e. The number of ether oxygens (including phenoxy) is 1. The highest BCUT2D eigenvalue weighted by Gasteiger charge is 2.11. The predicted molar refractivity (Wildman–Crippen MR) is 79.9 cm³/mol. The third kappa shape index (κ3) is 3.94. The van der Waals surface area contributed by atoms with Gasteiger partial charge in [-0.3, -0.25) is 0 Å². The van der Waals surface area contributed by atoms with Crippen molar-refractivity contribution in [1.82, 2.24) is 5.32 Å². The Bertz CT molecular complexity index is 670. The lowest BCUT2D eigenvalue weighted by atomic mass is 10.1. The molecule has 4 nitrogen and oxygen atoms in total. The van der Waals surface area contributed by atoms with Crippen LogP contribution in [0.25, 0.3) is 0 Å². The molecule has 0 spiro atoms. The lowest BCUT2D eigenvalue weighted by molar-refractivity contribution is 0.234. The highest BCUT2D eigenvalue weighted by molar-refractivity contribution is 5.89. The van der Waals surface area contributed by atoms with Crippen molar-refractivity contribution in [2.45, 2.75) is 13.8 Å². The van der Waals surface area contributed by atoms with Gasteiger partial charge in [-0.05, 0) is 37.6 Å². The zero-order chi connectivity index (χ0) is 16.1. The number of anilines is 1. The normalized spacial score (nSPS) is 10.2. The fraction of sp³-hybridized carbons (Fsp3) is 0.188. The molecule has 0 aliphatic rings. The summed E-state index contributed by atoms with van der Waals surface area (Å²) in [5.74, 6) is -1.06. The van der Waals surface area contributed by atoms with Gasteiger partial charge < -0.3 is 15.4 Å². The molecule has 2 amide bonds. The van der Waals surface area contributed by atoms with Gasteiger partial charge in [-0.1, -0.05) is 23.8 Å². The number of halogens is 2. The third-order valence-corrected chi connectivity index (χ3v) is 2.99. The number of amides is 2. The first-order valence-corrected chi connectivity index (χ1v) is 6.66. The standard InChI is InChI=1S/C16H16F2N2O2/c1-10-6-7-14(11(2)8-10)22-9-19-16(21)20-15-12(17)4-3-5-13(15)18/h3-8H,9H2,1-2H3,(H2,19,20,21). The van der Waals surface area contributed by atoms with Crippen molar-refractivity contribution in [3.63, 3.8) is 0 Å². The molecule has 0 bridgehead atoms. The number of nitrogens with one attached hydrogen (secondary N) is 2. The molecular weight excluding hydrogens is 290 g/mol. The first-order valence-electron chi connectivity index (χ1n) is 6.66. The van der Waals surface area contributed by atoms with E-state index in [0.29, 0.717) is 5.75 Å². The summed E-state index contributed by atoms with van der Waals surface area (Å²) in [7, 11) is 0. The molecule has 0 fully saturated rings. The summed E-state index contributed by atoms with van der Waals surface area (Å²) in [5.41, 5.74) is 1.54. The van der Waals surface area contributed by atoms with Gasteiger partial charge in [-0.2, -0.15) is 0 Å². The number of aryl methyl sites for hydroxylation is 2. The van der Waals surface area contributed by atoms with E-state index in [4.69, 9.17) is 4.74 Å². The lowest BCUT2D eigenvalue weighted by Gasteiger charge is -2.12. The fourth-order valence-corrected chi connectivity index (χ4v) is 1.92. The Labute approximate surface area is 127 Å². The predicted octanol–water partition coefficient (Wildman–Crippen LogP) is 3.74. The van der Waals surface area contributed by atoms with Crippen LogP contribution < -0.4 is 15.4 Å². The average Bonchev–Trinajstić information content (AvgIpc) is 2.45. The summed E-state index contributed by atoms with van der Waals surface area (Å²) in [6.07, 6.45) is 0. The van der Waals surface area contributed by atoms with E-state index in [-0.39, 0.29) is 6.73 Å². The molecule has 2 N–H and O–H groups in total. The number of rotatable bonds is 4. The molecule has 0 saturated carbocycles. The molecular formula is C16H16F2N2O2. The Hall–Kier alpha value is -2.63. The highest BCUT2D eigenvalue weighted by Crippen LogP contribution is 2.19. The summed E-state index contributed by atoms with van der Waals surface area (Å²) < 4.78 is 32.2. The molecule has 116 valence electrons. The van der Waals surface area contributed by atoms with Crippen molar-refractivity contribution in [3.05, 3.63) is 59.2 Å². The quantitative estimate of drug-likeness (QED) is 0.845. The molecule has 2 aromatic rings. The van der Waals surface area contributed by atoms with Gasteiger partial charge in [-0.25, -0.2) is 13.6 Å². The van der Waals surface area contributed by atoms with E-state index >= 15 is 0 Å². The van der Waals surface area contributed by atoms with Crippen molar-refractivity contribution < 1.29 is 18.3 Å². The minimum absolute atomic E-state index is 0.119. The van der Waals surface area contributed by atoms with Gasteiger partial charge in [0.15, 0.2) is 6.73 Å². The summed E-state index contributed by atoms with van der Waals surface area (Å²) >= 11 is 0. The molecule has 0 radical (unpaired) electrons. The molecule has 0 aliphatic carbocycles. The van der Waals surface area contributed by atoms with Crippen LogP contribution in [0.2, 0.25) is 0 Å². The van der Waals surface area contributed by atoms with Crippen molar-refractivity contribution >= 4 is 11.7 Å². The molecule has 0 aliphatic heterocycles. The van der Waals surface area contributed by atoms with Gasteiger partial charge in [0.1, 0.15) is 23.1 Å². The van der Waals surface area contributed by atoms with Gasteiger partial charge in [0.25, 0.3) is 0 Å². The number of benzene rings is 2. The minimum atomic E-state index is -0.842. The van der Waals surface area contributed by atoms with Gasteiger partial charge in [-0.15, -0.1) is 0 Å². The molecule has 0 atom stereocenters. The summed E-state index contributed by atoms with van der Waals surface area (Å²) in [4.78, 5) is 11.6. The Balaban J connectivity index is 1.88. The van der Waals surface area contributed by atoms with E-state index in [1.807, 2.05) is 26.0 Å². The Morgan fingerprint density at radius 2 is 1.82 bits per heavy atom. The smallest absolute Gasteiger partial charge is 0.322 e. The van der Waals surface area contributed by atoms with Gasteiger partial charge in [0.05, 0.1) is 0 Å². The van der Waals surface area contributed by atoms with Crippen LogP contribution in [0.4, 0.5) is 19.3 Å². The van der Waals surface area contributed by atoms with E-state index in [1.165, 1.54) is 6.07 Å². The zero-order valence-electron chi connectivity index (χ0n) is 12.2. The van der Waals surface area contributed by atoms with Crippen LogP contribution in [0, 0.1) is 25.5 Å². The second-order valence-electron chi connectivity index (χ2n) is 4.79. The van der Waals surface area contributed by atoms with Crippen LogP contribution in [0.5, 0.6) is 5.75 Å². The molecule has 0 heterocycles. The zero-order valence-corrected chi connectivity index (χ0v) is 12.2. The maximum atomic E-state index is 13.4. The molecule has 0 unspecified atom stereocenters. The van der Waals surface area contributed by atoms with Crippen molar-refractivity contribution in [1.29, 1.82) is 0 Å².